The Balaban J connectivity index is 1.48. The molecular formula is C19H22N2O2. The minimum absolute atomic E-state index is 0.173. The third kappa shape index (κ3) is 4.31. The lowest BCUT2D eigenvalue weighted by Gasteiger charge is -2.32. The average Bonchev–Trinajstić information content (AvgIpc) is 2.58. The highest BCUT2D eigenvalue weighted by Gasteiger charge is 2.23. The first kappa shape index (κ1) is 15.5. The second-order valence-corrected chi connectivity index (χ2v) is 6.05. The molecule has 2 heterocycles. The molecule has 0 radical (unpaired) electrons. The number of hydrogen-bond acceptors (Lipinski definition) is 3. The van der Waals surface area contributed by atoms with E-state index < -0.39 is 0 Å². The summed E-state index contributed by atoms with van der Waals surface area (Å²) in [7, 11) is 0. The van der Waals surface area contributed by atoms with Crippen molar-refractivity contribution in [3.63, 3.8) is 0 Å². The molecule has 3 rings (SSSR count). The molecule has 0 spiro atoms. The number of aryl methyl sites for hydroxylation is 1. The number of ether oxygens (including phenoxy) is 1. The molecule has 0 N–H and O–H groups in total. The summed E-state index contributed by atoms with van der Waals surface area (Å²) in [5.41, 5.74) is 2.20. The van der Waals surface area contributed by atoms with Gasteiger partial charge in [0, 0.05) is 38.3 Å². The Morgan fingerprint density at radius 3 is 2.61 bits per heavy atom. The highest BCUT2D eigenvalue weighted by atomic mass is 16.5. The van der Waals surface area contributed by atoms with E-state index in [0.29, 0.717) is 6.42 Å². The summed E-state index contributed by atoms with van der Waals surface area (Å²) >= 11 is 0. The van der Waals surface area contributed by atoms with E-state index in [-0.39, 0.29) is 12.0 Å². The molecule has 1 aromatic carbocycles. The number of pyridine rings is 1. The largest absolute Gasteiger partial charge is 0.490 e. The predicted molar refractivity (Wildman–Crippen MR) is 89.4 cm³/mol. The van der Waals surface area contributed by atoms with Gasteiger partial charge in [-0.2, -0.15) is 0 Å². The van der Waals surface area contributed by atoms with E-state index in [2.05, 4.69) is 24.0 Å². The lowest BCUT2D eigenvalue weighted by Crippen LogP contribution is -2.42. The number of carbonyl (C=O) groups is 1. The Morgan fingerprint density at radius 2 is 1.96 bits per heavy atom. The van der Waals surface area contributed by atoms with Crippen molar-refractivity contribution in [2.75, 3.05) is 13.1 Å². The lowest BCUT2D eigenvalue weighted by molar-refractivity contribution is -0.132. The van der Waals surface area contributed by atoms with Crippen molar-refractivity contribution < 1.29 is 9.53 Å². The first-order chi connectivity index (χ1) is 11.2. The van der Waals surface area contributed by atoms with Crippen molar-refractivity contribution in [2.45, 2.75) is 32.3 Å². The molecule has 1 aliphatic heterocycles. The molecule has 23 heavy (non-hydrogen) atoms. The van der Waals surface area contributed by atoms with Crippen molar-refractivity contribution in [1.29, 1.82) is 0 Å². The topological polar surface area (TPSA) is 42.4 Å². The zero-order valence-corrected chi connectivity index (χ0v) is 13.4. The molecular weight excluding hydrogens is 288 g/mol. The summed E-state index contributed by atoms with van der Waals surface area (Å²) < 4.78 is 6.01. The molecule has 1 saturated heterocycles. The van der Waals surface area contributed by atoms with Gasteiger partial charge in [0.2, 0.25) is 5.91 Å². The maximum absolute atomic E-state index is 12.3. The van der Waals surface area contributed by atoms with Gasteiger partial charge in [0.05, 0.1) is 6.42 Å². The second kappa shape index (κ2) is 7.27. The minimum Gasteiger partial charge on any atom is -0.490 e. The van der Waals surface area contributed by atoms with Gasteiger partial charge in [0.1, 0.15) is 11.9 Å². The SMILES string of the molecule is Cc1ccc(OC2CCN(C(=O)Cc3cccnc3)CC2)cc1. The maximum Gasteiger partial charge on any atom is 0.227 e. The molecule has 4 nitrogen and oxygen atoms in total. The summed E-state index contributed by atoms with van der Waals surface area (Å²) in [6, 6.07) is 11.9. The van der Waals surface area contributed by atoms with E-state index in [1.54, 1.807) is 12.4 Å². The molecule has 1 fully saturated rings. The third-order valence-corrected chi connectivity index (χ3v) is 4.20. The number of aromatic nitrogens is 1. The number of piperidine rings is 1. The van der Waals surface area contributed by atoms with Crippen molar-refractivity contribution in [2.24, 2.45) is 0 Å². The molecule has 0 aliphatic carbocycles. The molecule has 0 saturated carbocycles. The summed E-state index contributed by atoms with van der Waals surface area (Å²) in [6.45, 7) is 3.58. The molecule has 1 aliphatic rings. The number of likely N-dealkylation sites (tertiary alicyclic amines) is 1. The van der Waals surface area contributed by atoms with Gasteiger partial charge in [0.25, 0.3) is 0 Å². The number of rotatable bonds is 4. The van der Waals surface area contributed by atoms with Crippen LogP contribution in [0.5, 0.6) is 5.75 Å². The first-order valence-corrected chi connectivity index (χ1v) is 8.11. The molecule has 120 valence electrons. The molecule has 2 aromatic rings. The van der Waals surface area contributed by atoms with Crippen molar-refractivity contribution in [3.8, 4) is 5.75 Å². The van der Waals surface area contributed by atoms with Crippen LogP contribution in [0.15, 0.2) is 48.8 Å². The number of carbonyl (C=O) groups excluding carboxylic acids is 1. The van der Waals surface area contributed by atoms with Crippen LogP contribution >= 0.6 is 0 Å². The van der Waals surface area contributed by atoms with Gasteiger partial charge in [-0.05, 0) is 30.7 Å². The molecule has 1 aromatic heterocycles. The van der Waals surface area contributed by atoms with Gasteiger partial charge in [-0.3, -0.25) is 9.78 Å². The monoisotopic (exact) mass is 310 g/mol. The fourth-order valence-corrected chi connectivity index (χ4v) is 2.82. The standard InChI is InChI=1S/C19H22N2O2/c1-15-4-6-17(7-5-15)23-18-8-11-21(12-9-18)19(22)13-16-3-2-10-20-14-16/h2-7,10,14,18H,8-9,11-13H2,1H3. The van der Waals surface area contributed by atoms with Crippen LogP contribution in [0.4, 0.5) is 0 Å². The van der Waals surface area contributed by atoms with E-state index in [1.807, 2.05) is 29.2 Å². The van der Waals surface area contributed by atoms with Crippen molar-refractivity contribution >= 4 is 5.91 Å². The third-order valence-electron chi connectivity index (χ3n) is 4.20. The predicted octanol–water partition coefficient (Wildman–Crippen LogP) is 3.00. The minimum atomic E-state index is 0.173. The quantitative estimate of drug-likeness (QED) is 0.872. The van der Waals surface area contributed by atoms with Crippen LogP contribution in [0.2, 0.25) is 0 Å². The van der Waals surface area contributed by atoms with E-state index >= 15 is 0 Å². The Labute approximate surface area is 137 Å². The summed E-state index contributed by atoms with van der Waals surface area (Å²) in [6.07, 6.45) is 5.86. The highest BCUT2D eigenvalue weighted by molar-refractivity contribution is 5.78. The molecule has 0 atom stereocenters. The van der Waals surface area contributed by atoms with Crippen LogP contribution in [-0.4, -0.2) is 35.0 Å². The van der Waals surface area contributed by atoms with E-state index in [9.17, 15) is 4.79 Å². The highest BCUT2D eigenvalue weighted by Crippen LogP contribution is 2.20. The van der Waals surface area contributed by atoms with Gasteiger partial charge in [-0.1, -0.05) is 23.8 Å². The van der Waals surface area contributed by atoms with Gasteiger partial charge >= 0.3 is 0 Å². The molecule has 1 amide bonds. The maximum atomic E-state index is 12.3. The van der Waals surface area contributed by atoms with E-state index in [4.69, 9.17) is 4.74 Å². The average molecular weight is 310 g/mol. The fourth-order valence-electron chi connectivity index (χ4n) is 2.82. The smallest absolute Gasteiger partial charge is 0.227 e. The number of nitrogens with zero attached hydrogens (tertiary/aromatic N) is 2. The zero-order valence-electron chi connectivity index (χ0n) is 13.4. The molecule has 4 heteroatoms. The summed E-state index contributed by atoms with van der Waals surface area (Å²) in [5, 5.41) is 0. The van der Waals surface area contributed by atoms with Crippen LogP contribution in [0.25, 0.3) is 0 Å². The van der Waals surface area contributed by atoms with Gasteiger partial charge in [-0.25, -0.2) is 0 Å². The second-order valence-electron chi connectivity index (χ2n) is 6.05. The van der Waals surface area contributed by atoms with Gasteiger partial charge < -0.3 is 9.64 Å². The summed E-state index contributed by atoms with van der Waals surface area (Å²) in [4.78, 5) is 18.3. The normalized spacial score (nSPS) is 15.4. The van der Waals surface area contributed by atoms with Crippen molar-refractivity contribution in [3.05, 3.63) is 59.9 Å². The van der Waals surface area contributed by atoms with Gasteiger partial charge in [-0.15, -0.1) is 0 Å². The van der Waals surface area contributed by atoms with E-state index in [1.165, 1.54) is 5.56 Å². The van der Waals surface area contributed by atoms with Crippen LogP contribution in [-0.2, 0) is 11.2 Å². The summed E-state index contributed by atoms with van der Waals surface area (Å²) in [5.74, 6) is 1.09. The number of benzene rings is 1. The first-order valence-electron chi connectivity index (χ1n) is 8.11. The van der Waals surface area contributed by atoms with Crippen LogP contribution in [0, 0.1) is 6.92 Å². The Kier molecular flexibility index (Phi) is 4.91. The van der Waals surface area contributed by atoms with Crippen LogP contribution in [0.3, 0.4) is 0 Å². The van der Waals surface area contributed by atoms with Gasteiger partial charge in [0.15, 0.2) is 0 Å². The Bertz CT molecular complexity index is 632. The Morgan fingerprint density at radius 1 is 1.22 bits per heavy atom. The number of hydrogen-bond donors (Lipinski definition) is 0. The zero-order chi connectivity index (χ0) is 16.1. The number of amides is 1. The van der Waals surface area contributed by atoms with Crippen molar-refractivity contribution in [1.82, 2.24) is 9.88 Å². The Hall–Kier alpha value is -2.36. The van der Waals surface area contributed by atoms with E-state index in [0.717, 1.165) is 37.2 Å². The lowest BCUT2D eigenvalue weighted by atomic mass is 10.1. The van der Waals surface area contributed by atoms with Crippen LogP contribution in [0.1, 0.15) is 24.0 Å². The fraction of sp³-hybridized carbons (Fsp3) is 0.368. The molecule has 0 bridgehead atoms. The van der Waals surface area contributed by atoms with Crippen LogP contribution < -0.4 is 4.74 Å². The molecule has 0 unspecified atom stereocenters.